The second-order valence-electron chi connectivity index (χ2n) is 4.91. The average molecular weight is 332 g/mol. The van der Waals surface area contributed by atoms with Crippen LogP contribution >= 0.6 is 11.8 Å². The Balaban J connectivity index is 1.76. The van der Waals surface area contributed by atoms with E-state index in [1.807, 2.05) is 6.07 Å². The molecule has 5 heteroatoms. The van der Waals surface area contributed by atoms with Crippen LogP contribution in [0.1, 0.15) is 23.7 Å². The third-order valence-electron chi connectivity index (χ3n) is 3.12. The first kappa shape index (κ1) is 17.2. The number of carbonyl (C=O) groups is 2. The first-order chi connectivity index (χ1) is 11.1. The van der Waals surface area contributed by atoms with Crippen molar-refractivity contribution in [3.8, 4) is 0 Å². The summed E-state index contributed by atoms with van der Waals surface area (Å²) in [6.45, 7) is 1.57. The summed E-state index contributed by atoms with van der Waals surface area (Å²) in [6.07, 6.45) is -0.616. The van der Waals surface area contributed by atoms with Gasteiger partial charge in [-0.05, 0) is 31.2 Å². The molecule has 23 heavy (non-hydrogen) atoms. The number of hydrogen-bond acceptors (Lipinski definition) is 4. The Morgan fingerprint density at radius 1 is 1.09 bits per heavy atom. The van der Waals surface area contributed by atoms with Crippen molar-refractivity contribution in [3.63, 3.8) is 0 Å². The summed E-state index contributed by atoms with van der Waals surface area (Å²) < 4.78 is 17.9. The zero-order chi connectivity index (χ0) is 16.7. The molecule has 0 aliphatic heterocycles. The van der Waals surface area contributed by atoms with E-state index in [0.29, 0.717) is 11.3 Å². The van der Waals surface area contributed by atoms with Crippen LogP contribution < -0.4 is 0 Å². The quantitative estimate of drug-likeness (QED) is 0.434. The van der Waals surface area contributed by atoms with Crippen LogP contribution in [0.15, 0.2) is 59.5 Å². The maximum absolute atomic E-state index is 12.8. The van der Waals surface area contributed by atoms with E-state index in [2.05, 4.69) is 0 Å². The van der Waals surface area contributed by atoms with Crippen LogP contribution in [-0.2, 0) is 9.53 Å². The topological polar surface area (TPSA) is 43.4 Å². The van der Waals surface area contributed by atoms with Gasteiger partial charge in [0.15, 0.2) is 6.10 Å². The van der Waals surface area contributed by atoms with Crippen molar-refractivity contribution in [3.05, 3.63) is 66.0 Å². The Hall–Kier alpha value is -2.14. The predicted octanol–water partition coefficient (Wildman–Crippen LogP) is 4.12. The lowest BCUT2D eigenvalue weighted by Gasteiger charge is -2.12. The van der Waals surface area contributed by atoms with Gasteiger partial charge in [-0.1, -0.05) is 30.3 Å². The maximum Gasteiger partial charge on any atom is 0.307 e. The molecule has 0 aliphatic carbocycles. The van der Waals surface area contributed by atoms with Crippen molar-refractivity contribution in [1.82, 2.24) is 0 Å². The SMILES string of the molecule is CC(OC(=O)CCSc1ccc(F)cc1)C(=O)c1ccccc1. The second-order valence-corrected chi connectivity index (χ2v) is 6.08. The first-order valence-corrected chi connectivity index (χ1v) is 8.22. The highest BCUT2D eigenvalue weighted by Crippen LogP contribution is 2.19. The van der Waals surface area contributed by atoms with Gasteiger partial charge in [-0.3, -0.25) is 9.59 Å². The monoisotopic (exact) mass is 332 g/mol. The number of thioether (sulfide) groups is 1. The molecule has 1 unspecified atom stereocenters. The molecule has 0 radical (unpaired) electrons. The molecule has 0 bridgehead atoms. The minimum Gasteiger partial charge on any atom is -0.454 e. The number of esters is 1. The third kappa shape index (κ3) is 5.53. The summed E-state index contributed by atoms with van der Waals surface area (Å²) in [5.41, 5.74) is 0.522. The van der Waals surface area contributed by atoms with E-state index in [1.165, 1.54) is 23.9 Å². The van der Waals surface area contributed by atoms with Gasteiger partial charge < -0.3 is 4.74 Å². The summed E-state index contributed by atoms with van der Waals surface area (Å²) in [6, 6.07) is 14.8. The molecule has 3 nitrogen and oxygen atoms in total. The molecule has 1 atom stereocenters. The van der Waals surface area contributed by atoms with Gasteiger partial charge in [0, 0.05) is 16.2 Å². The van der Waals surface area contributed by atoms with Gasteiger partial charge in [0.1, 0.15) is 5.82 Å². The molecule has 0 aliphatic rings. The van der Waals surface area contributed by atoms with E-state index in [0.717, 1.165) is 4.90 Å². The number of ketones is 1. The molecule has 0 saturated carbocycles. The zero-order valence-corrected chi connectivity index (χ0v) is 13.5. The Morgan fingerprint density at radius 2 is 1.74 bits per heavy atom. The molecule has 0 amide bonds. The van der Waals surface area contributed by atoms with E-state index < -0.39 is 12.1 Å². The van der Waals surface area contributed by atoms with Crippen molar-refractivity contribution in [2.24, 2.45) is 0 Å². The Kier molecular flexibility index (Phi) is 6.35. The molecular formula is C18H17FO3S. The molecule has 0 N–H and O–H groups in total. The van der Waals surface area contributed by atoms with Crippen LogP contribution in [0.3, 0.4) is 0 Å². The van der Waals surface area contributed by atoms with Gasteiger partial charge in [-0.2, -0.15) is 0 Å². The third-order valence-corrected chi connectivity index (χ3v) is 4.14. The van der Waals surface area contributed by atoms with Gasteiger partial charge in [0.25, 0.3) is 0 Å². The first-order valence-electron chi connectivity index (χ1n) is 7.23. The maximum atomic E-state index is 12.8. The smallest absolute Gasteiger partial charge is 0.307 e. The Morgan fingerprint density at radius 3 is 2.39 bits per heavy atom. The number of hydrogen-bond donors (Lipinski definition) is 0. The van der Waals surface area contributed by atoms with Gasteiger partial charge in [0.2, 0.25) is 5.78 Å². The second kappa shape index (κ2) is 8.48. The minimum absolute atomic E-state index is 0.189. The summed E-state index contributed by atoms with van der Waals surface area (Å²) in [4.78, 5) is 24.8. The molecule has 2 rings (SSSR count). The van der Waals surface area contributed by atoms with Gasteiger partial charge >= 0.3 is 5.97 Å². The molecule has 2 aromatic carbocycles. The van der Waals surface area contributed by atoms with Gasteiger partial charge in [-0.25, -0.2) is 4.39 Å². The molecule has 0 aromatic heterocycles. The highest BCUT2D eigenvalue weighted by molar-refractivity contribution is 7.99. The molecule has 0 saturated heterocycles. The van der Waals surface area contributed by atoms with Gasteiger partial charge in [0.05, 0.1) is 6.42 Å². The molecule has 120 valence electrons. The minimum atomic E-state index is -0.805. The average Bonchev–Trinajstić information content (AvgIpc) is 2.56. The number of ether oxygens (including phenoxy) is 1. The van der Waals surface area contributed by atoms with E-state index in [4.69, 9.17) is 4.74 Å². The lowest BCUT2D eigenvalue weighted by Crippen LogP contribution is -2.24. The summed E-state index contributed by atoms with van der Waals surface area (Å²) >= 11 is 1.44. The number of carbonyl (C=O) groups excluding carboxylic acids is 2. The van der Waals surface area contributed by atoms with E-state index in [-0.39, 0.29) is 18.0 Å². The standard InChI is InChI=1S/C18H17FO3S/c1-13(18(21)14-5-3-2-4-6-14)22-17(20)11-12-23-16-9-7-15(19)8-10-16/h2-10,13H,11-12H2,1H3. The fourth-order valence-electron chi connectivity index (χ4n) is 1.93. The van der Waals surface area contributed by atoms with E-state index >= 15 is 0 Å². The van der Waals surface area contributed by atoms with Crippen LogP contribution in [0.25, 0.3) is 0 Å². The summed E-state index contributed by atoms with van der Waals surface area (Å²) in [7, 11) is 0. The Bertz CT molecular complexity index is 656. The van der Waals surface area contributed by atoms with Crippen molar-refractivity contribution in [2.45, 2.75) is 24.3 Å². The van der Waals surface area contributed by atoms with E-state index in [1.54, 1.807) is 43.3 Å². The predicted molar refractivity (Wildman–Crippen MR) is 88.1 cm³/mol. The van der Waals surface area contributed by atoms with Crippen molar-refractivity contribution >= 4 is 23.5 Å². The molecular weight excluding hydrogens is 315 g/mol. The van der Waals surface area contributed by atoms with Crippen LogP contribution in [0.5, 0.6) is 0 Å². The largest absolute Gasteiger partial charge is 0.454 e. The fraction of sp³-hybridized carbons (Fsp3) is 0.222. The summed E-state index contributed by atoms with van der Waals surface area (Å²) in [5.74, 6) is -0.417. The van der Waals surface area contributed by atoms with Crippen LogP contribution in [0, 0.1) is 5.82 Å². The lowest BCUT2D eigenvalue weighted by atomic mass is 10.1. The number of halogens is 1. The van der Waals surface area contributed by atoms with Crippen molar-refractivity contribution < 1.29 is 18.7 Å². The van der Waals surface area contributed by atoms with Crippen molar-refractivity contribution in [2.75, 3.05) is 5.75 Å². The van der Waals surface area contributed by atoms with Crippen LogP contribution in [-0.4, -0.2) is 23.6 Å². The lowest BCUT2D eigenvalue weighted by molar-refractivity contribution is -0.145. The molecule has 0 heterocycles. The molecule has 2 aromatic rings. The van der Waals surface area contributed by atoms with E-state index in [9.17, 15) is 14.0 Å². The number of benzene rings is 2. The summed E-state index contributed by atoms with van der Waals surface area (Å²) in [5, 5.41) is 0. The van der Waals surface area contributed by atoms with Crippen molar-refractivity contribution in [1.29, 1.82) is 0 Å². The highest BCUT2D eigenvalue weighted by Gasteiger charge is 2.18. The Labute approximate surface area is 138 Å². The molecule has 0 fully saturated rings. The fourth-order valence-corrected chi connectivity index (χ4v) is 2.76. The number of rotatable bonds is 7. The zero-order valence-electron chi connectivity index (χ0n) is 12.7. The van der Waals surface area contributed by atoms with Crippen LogP contribution in [0.4, 0.5) is 4.39 Å². The van der Waals surface area contributed by atoms with Gasteiger partial charge in [-0.15, -0.1) is 11.8 Å². The normalized spacial score (nSPS) is 11.7. The molecule has 0 spiro atoms. The number of Topliss-reactive ketones (excluding diaryl/α,β-unsaturated/α-hetero) is 1. The highest BCUT2D eigenvalue weighted by atomic mass is 32.2. The van der Waals surface area contributed by atoms with Crippen LogP contribution in [0.2, 0.25) is 0 Å².